The van der Waals surface area contributed by atoms with Gasteiger partial charge >= 0.3 is 5.97 Å². The lowest BCUT2D eigenvalue weighted by molar-refractivity contribution is -0.119. The second-order valence-corrected chi connectivity index (χ2v) is 8.12. The summed E-state index contributed by atoms with van der Waals surface area (Å²) in [7, 11) is 0. The Morgan fingerprint density at radius 1 is 0.914 bits per heavy atom. The molecule has 35 heavy (non-hydrogen) atoms. The van der Waals surface area contributed by atoms with Crippen LogP contribution in [0.3, 0.4) is 0 Å². The van der Waals surface area contributed by atoms with E-state index >= 15 is 0 Å². The molecule has 0 radical (unpaired) electrons. The molecule has 0 unspecified atom stereocenters. The maximum atomic E-state index is 13.1. The van der Waals surface area contributed by atoms with Gasteiger partial charge in [-0.05, 0) is 47.5 Å². The Hall–Kier alpha value is -3.75. The predicted molar refractivity (Wildman–Crippen MR) is 129 cm³/mol. The van der Waals surface area contributed by atoms with E-state index < -0.39 is 18.5 Å². The molecule has 1 N–H and O–H groups in total. The van der Waals surface area contributed by atoms with Gasteiger partial charge in [0.2, 0.25) is 0 Å². The number of amides is 1. The van der Waals surface area contributed by atoms with Crippen LogP contribution in [0.5, 0.6) is 5.75 Å². The minimum atomic E-state index is -0.671. The second kappa shape index (κ2) is 12.1. The monoisotopic (exact) mass is 478 g/mol. The van der Waals surface area contributed by atoms with Crippen molar-refractivity contribution < 1.29 is 28.2 Å². The Labute approximate surface area is 203 Å². The lowest BCUT2D eigenvalue weighted by Gasteiger charge is -2.26. The molecule has 0 aromatic heterocycles. The van der Waals surface area contributed by atoms with E-state index in [1.54, 1.807) is 36.4 Å². The van der Waals surface area contributed by atoms with E-state index in [1.807, 2.05) is 24.3 Å². The minimum Gasteiger partial charge on any atom is -0.488 e. The van der Waals surface area contributed by atoms with E-state index in [4.69, 9.17) is 14.2 Å². The van der Waals surface area contributed by atoms with E-state index in [9.17, 15) is 14.0 Å². The van der Waals surface area contributed by atoms with Crippen LogP contribution in [0.15, 0.2) is 72.8 Å². The summed E-state index contributed by atoms with van der Waals surface area (Å²) < 4.78 is 29.4. The number of rotatable bonds is 9. The molecule has 8 heteroatoms. The van der Waals surface area contributed by atoms with Gasteiger partial charge in [-0.2, -0.15) is 0 Å². The van der Waals surface area contributed by atoms with Crippen LogP contribution >= 0.6 is 0 Å². The Kier molecular flexibility index (Phi) is 8.43. The third-order valence-electron chi connectivity index (χ3n) is 5.50. The molecular weight excluding hydrogens is 451 g/mol. The van der Waals surface area contributed by atoms with Crippen LogP contribution in [0.25, 0.3) is 0 Å². The first-order chi connectivity index (χ1) is 17.1. The van der Waals surface area contributed by atoms with Crippen molar-refractivity contribution in [3.8, 4) is 5.75 Å². The largest absolute Gasteiger partial charge is 0.488 e. The number of hydrogen-bond donors (Lipinski definition) is 1. The third kappa shape index (κ3) is 7.37. The fourth-order valence-corrected chi connectivity index (χ4v) is 3.62. The van der Waals surface area contributed by atoms with Crippen molar-refractivity contribution in [3.05, 3.63) is 95.3 Å². The molecule has 1 saturated heterocycles. The van der Waals surface area contributed by atoms with Gasteiger partial charge in [-0.25, -0.2) is 9.18 Å². The van der Waals surface area contributed by atoms with Gasteiger partial charge in [0.15, 0.2) is 6.61 Å². The summed E-state index contributed by atoms with van der Waals surface area (Å²) in [6, 6.07) is 20.1. The summed E-state index contributed by atoms with van der Waals surface area (Å²) in [5.74, 6) is -1.13. The fraction of sp³-hybridized carbons (Fsp3) is 0.259. The third-order valence-corrected chi connectivity index (χ3v) is 5.50. The van der Waals surface area contributed by atoms with Crippen molar-refractivity contribution >= 4 is 17.6 Å². The zero-order valence-electron chi connectivity index (χ0n) is 19.2. The van der Waals surface area contributed by atoms with Crippen LogP contribution < -0.4 is 10.1 Å². The van der Waals surface area contributed by atoms with Crippen LogP contribution in [-0.4, -0.2) is 49.7 Å². The van der Waals surface area contributed by atoms with Gasteiger partial charge < -0.3 is 19.5 Å². The molecule has 1 fully saturated rings. The number of morpholine rings is 1. The van der Waals surface area contributed by atoms with Crippen molar-refractivity contribution in [2.24, 2.45) is 0 Å². The number of nitrogens with one attached hydrogen (secondary N) is 1. The van der Waals surface area contributed by atoms with Crippen LogP contribution in [0.1, 0.15) is 21.5 Å². The molecule has 0 spiro atoms. The molecule has 0 aliphatic carbocycles. The van der Waals surface area contributed by atoms with Crippen molar-refractivity contribution in [1.29, 1.82) is 0 Å². The number of anilines is 1. The first-order valence-electron chi connectivity index (χ1n) is 11.4. The average molecular weight is 479 g/mol. The maximum absolute atomic E-state index is 13.1. The highest BCUT2D eigenvalue weighted by molar-refractivity contribution is 5.96. The van der Waals surface area contributed by atoms with Gasteiger partial charge in [-0.1, -0.05) is 36.4 Å². The van der Waals surface area contributed by atoms with Gasteiger partial charge in [0.1, 0.15) is 23.7 Å². The van der Waals surface area contributed by atoms with Crippen molar-refractivity contribution in [2.75, 3.05) is 38.2 Å². The lowest BCUT2D eigenvalue weighted by atomic mass is 10.2. The van der Waals surface area contributed by atoms with Crippen LogP contribution in [-0.2, 0) is 27.4 Å². The zero-order chi connectivity index (χ0) is 24.5. The minimum absolute atomic E-state index is 0.159. The summed E-state index contributed by atoms with van der Waals surface area (Å²) in [4.78, 5) is 27.2. The van der Waals surface area contributed by atoms with E-state index in [2.05, 4.69) is 10.2 Å². The van der Waals surface area contributed by atoms with E-state index in [0.717, 1.165) is 44.0 Å². The number of esters is 1. The molecule has 182 valence electrons. The first-order valence-corrected chi connectivity index (χ1v) is 11.4. The Morgan fingerprint density at radius 3 is 2.34 bits per heavy atom. The number of carbonyl (C=O) groups is 2. The topological polar surface area (TPSA) is 77.1 Å². The van der Waals surface area contributed by atoms with E-state index in [0.29, 0.717) is 11.4 Å². The summed E-state index contributed by atoms with van der Waals surface area (Å²) in [6.45, 7) is 3.87. The number of benzene rings is 3. The Bertz CT molecular complexity index is 1130. The lowest BCUT2D eigenvalue weighted by Crippen LogP contribution is -2.35. The van der Waals surface area contributed by atoms with Gasteiger partial charge in [0.05, 0.1) is 13.2 Å². The van der Waals surface area contributed by atoms with Crippen molar-refractivity contribution in [1.82, 2.24) is 4.90 Å². The number of ether oxygens (including phenoxy) is 3. The fourth-order valence-electron chi connectivity index (χ4n) is 3.62. The molecule has 4 rings (SSSR count). The summed E-state index contributed by atoms with van der Waals surface area (Å²) in [6.07, 6.45) is 0. The summed E-state index contributed by atoms with van der Waals surface area (Å²) in [5.41, 5.74) is 2.73. The number of para-hydroxylation sites is 1. The average Bonchev–Trinajstić information content (AvgIpc) is 2.89. The summed E-state index contributed by atoms with van der Waals surface area (Å²) in [5, 5.41) is 2.73. The first kappa shape index (κ1) is 24.4. The molecule has 7 nitrogen and oxygen atoms in total. The molecule has 3 aromatic rings. The molecule has 0 bridgehead atoms. The number of hydrogen-bond acceptors (Lipinski definition) is 6. The van der Waals surface area contributed by atoms with Gasteiger partial charge in [-0.15, -0.1) is 0 Å². The van der Waals surface area contributed by atoms with E-state index in [1.165, 1.54) is 12.1 Å². The SMILES string of the molecule is O=C(COC(=O)c1ccccc1OCc1ccc(F)cc1)Nc1ccc(CN2CCOCC2)cc1. The van der Waals surface area contributed by atoms with Gasteiger partial charge in [-0.3, -0.25) is 9.69 Å². The highest BCUT2D eigenvalue weighted by Gasteiger charge is 2.16. The molecule has 0 atom stereocenters. The number of halogens is 1. The van der Waals surface area contributed by atoms with Gasteiger partial charge in [0.25, 0.3) is 5.91 Å². The van der Waals surface area contributed by atoms with Crippen LogP contribution in [0.2, 0.25) is 0 Å². The number of carbonyl (C=O) groups excluding carboxylic acids is 2. The van der Waals surface area contributed by atoms with Crippen molar-refractivity contribution in [3.63, 3.8) is 0 Å². The molecule has 3 aromatic carbocycles. The smallest absolute Gasteiger partial charge is 0.342 e. The Morgan fingerprint density at radius 2 is 1.60 bits per heavy atom. The molecule has 0 saturated carbocycles. The normalized spacial score (nSPS) is 13.7. The van der Waals surface area contributed by atoms with E-state index in [-0.39, 0.29) is 18.0 Å². The molecule has 1 heterocycles. The van der Waals surface area contributed by atoms with Crippen LogP contribution in [0, 0.1) is 5.82 Å². The highest BCUT2D eigenvalue weighted by atomic mass is 19.1. The maximum Gasteiger partial charge on any atom is 0.342 e. The molecular formula is C27H27FN2O5. The molecule has 1 aliphatic rings. The zero-order valence-corrected chi connectivity index (χ0v) is 19.2. The Balaban J connectivity index is 1.26. The molecule has 1 aliphatic heterocycles. The highest BCUT2D eigenvalue weighted by Crippen LogP contribution is 2.21. The number of nitrogens with zero attached hydrogens (tertiary/aromatic N) is 1. The van der Waals surface area contributed by atoms with Gasteiger partial charge in [0, 0.05) is 25.3 Å². The standard InChI is InChI=1S/C27H27FN2O5/c28-22-9-5-21(6-10-22)18-34-25-4-2-1-3-24(25)27(32)35-19-26(31)29-23-11-7-20(8-12-23)17-30-13-15-33-16-14-30/h1-12H,13-19H2,(H,29,31). The summed E-state index contributed by atoms with van der Waals surface area (Å²) >= 11 is 0. The second-order valence-electron chi connectivity index (χ2n) is 8.12. The van der Waals surface area contributed by atoms with Crippen LogP contribution in [0.4, 0.5) is 10.1 Å². The molecule has 1 amide bonds. The predicted octanol–water partition coefficient (Wildman–Crippen LogP) is 4.03. The van der Waals surface area contributed by atoms with Crippen molar-refractivity contribution in [2.45, 2.75) is 13.2 Å². The quantitative estimate of drug-likeness (QED) is 0.468.